The van der Waals surface area contributed by atoms with Crippen molar-refractivity contribution in [3.8, 4) is 11.8 Å². The maximum atomic E-state index is 12.8. The lowest BCUT2D eigenvalue weighted by molar-refractivity contribution is 0.475. The van der Waals surface area contributed by atoms with Crippen molar-refractivity contribution in [2.45, 2.75) is 44.7 Å². The number of imidazole rings is 1. The van der Waals surface area contributed by atoms with E-state index in [9.17, 15) is 9.59 Å². The summed E-state index contributed by atoms with van der Waals surface area (Å²) >= 11 is 0. The molecule has 2 aliphatic carbocycles. The summed E-state index contributed by atoms with van der Waals surface area (Å²) in [4.78, 5) is 34.9. The van der Waals surface area contributed by atoms with Crippen LogP contribution < -0.4 is 11.2 Å². The van der Waals surface area contributed by atoms with Gasteiger partial charge in [-0.25, -0.2) is 9.78 Å². The Hall–Kier alpha value is -2.75. The molecule has 2 fully saturated rings. The van der Waals surface area contributed by atoms with E-state index in [1.807, 2.05) is 18.9 Å². The fraction of sp³-hybridized carbons (Fsp3) is 0.500. The average molecular weight is 339 g/mol. The Morgan fingerprint density at radius 1 is 1.28 bits per heavy atom. The summed E-state index contributed by atoms with van der Waals surface area (Å²) in [6.45, 7) is 6.30. The molecule has 2 aromatic heterocycles. The van der Waals surface area contributed by atoms with Gasteiger partial charge in [-0.2, -0.15) is 0 Å². The number of hydrogen-bond acceptors (Lipinski definition) is 4. The molecule has 0 aromatic carbocycles. The zero-order valence-electron chi connectivity index (χ0n) is 14.5. The molecular weight excluding hydrogens is 318 g/mol. The van der Waals surface area contributed by atoms with E-state index in [0.717, 1.165) is 31.4 Å². The lowest BCUT2D eigenvalue weighted by Gasteiger charge is -2.14. The van der Waals surface area contributed by atoms with E-state index in [1.165, 1.54) is 4.57 Å². The summed E-state index contributed by atoms with van der Waals surface area (Å²) in [5.41, 5.74) is 1.24. The maximum Gasteiger partial charge on any atom is 0.333 e. The molecule has 1 N–H and O–H groups in total. The maximum absolute atomic E-state index is 12.8. The Labute approximate surface area is 145 Å². The van der Waals surface area contributed by atoms with E-state index >= 15 is 0 Å². The van der Waals surface area contributed by atoms with Gasteiger partial charge in [0.15, 0.2) is 17.0 Å². The summed E-state index contributed by atoms with van der Waals surface area (Å²) in [6, 6.07) is 0.190. The second-order valence-electron chi connectivity index (χ2n) is 6.97. The van der Waals surface area contributed by atoms with Crippen LogP contribution in [0.3, 0.4) is 0 Å². The quantitative estimate of drug-likeness (QED) is 0.854. The van der Waals surface area contributed by atoms with E-state index < -0.39 is 0 Å². The molecule has 7 heteroatoms. The Balaban J connectivity index is 1.80. The molecule has 0 spiro atoms. The van der Waals surface area contributed by atoms with E-state index in [1.54, 1.807) is 4.57 Å². The second kappa shape index (κ2) is 5.66. The number of nitrogens with zero attached hydrogens (tertiary/aromatic N) is 4. The minimum absolute atomic E-state index is 0.0384. The summed E-state index contributed by atoms with van der Waals surface area (Å²) < 4.78 is 3.07. The molecule has 2 heterocycles. The van der Waals surface area contributed by atoms with Crippen LogP contribution >= 0.6 is 0 Å². The highest BCUT2D eigenvalue weighted by Gasteiger charge is 2.34. The molecule has 2 saturated carbocycles. The largest absolute Gasteiger partial charge is 0.367 e. The third kappa shape index (κ3) is 2.78. The number of rotatable bonds is 4. The summed E-state index contributed by atoms with van der Waals surface area (Å²) in [7, 11) is 1.91. The van der Waals surface area contributed by atoms with Crippen molar-refractivity contribution in [1.29, 1.82) is 0 Å². The van der Waals surface area contributed by atoms with Crippen molar-refractivity contribution in [3.05, 3.63) is 38.9 Å². The van der Waals surface area contributed by atoms with Crippen LogP contribution in [0, 0.1) is 11.8 Å². The Bertz CT molecular complexity index is 1040. The Morgan fingerprint density at radius 2 is 1.92 bits per heavy atom. The SMILES string of the molecule is C=C(C)N(C)CC#Cc1nc2c([nH]1)c(=O)n(C1CC1)c(=O)n2C1CC1. The highest BCUT2D eigenvalue weighted by Crippen LogP contribution is 2.36. The van der Waals surface area contributed by atoms with Crippen LogP contribution in [-0.4, -0.2) is 37.6 Å². The number of nitrogens with one attached hydrogen (secondary N) is 1. The van der Waals surface area contributed by atoms with Gasteiger partial charge in [-0.15, -0.1) is 0 Å². The van der Waals surface area contributed by atoms with Gasteiger partial charge in [0, 0.05) is 24.8 Å². The van der Waals surface area contributed by atoms with Crippen LogP contribution in [0.25, 0.3) is 11.2 Å². The molecule has 130 valence electrons. The summed E-state index contributed by atoms with van der Waals surface area (Å²) in [5, 5.41) is 0. The number of hydrogen-bond donors (Lipinski definition) is 1. The molecule has 4 rings (SSSR count). The standard InChI is InChI=1S/C18H21N5O2/c1-11(2)21(3)10-4-5-14-19-15-16(20-14)22(12-6-7-12)18(25)23(17(15)24)13-8-9-13/h12-13H,1,6-10H2,2-3H3,(H,19,20). The first-order valence-corrected chi connectivity index (χ1v) is 8.59. The molecule has 7 nitrogen and oxygen atoms in total. The minimum atomic E-state index is -0.279. The van der Waals surface area contributed by atoms with Crippen molar-refractivity contribution in [1.82, 2.24) is 24.0 Å². The van der Waals surface area contributed by atoms with E-state index in [4.69, 9.17) is 0 Å². The zero-order valence-corrected chi connectivity index (χ0v) is 14.5. The second-order valence-corrected chi connectivity index (χ2v) is 6.97. The number of allylic oxidation sites excluding steroid dienone is 1. The van der Waals surface area contributed by atoms with Crippen molar-refractivity contribution in [2.75, 3.05) is 13.6 Å². The topological polar surface area (TPSA) is 75.9 Å². The first-order valence-electron chi connectivity index (χ1n) is 8.59. The van der Waals surface area contributed by atoms with Crippen molar-refractivity contribution < 1.29 is 0 Å². The molecule has 25 heavy (non-hydrogen) atoms. The van der Waals surface area contributed by atoms with E-state index in [-0.39, 0.29) is 23.3 Å². The van der Waals surface area contributed by atoms with E-state index in [0.29, 0.717) is 23.5 Å². The molecule has 0 amide bonds. The van der Waals surface area contributed by atoms with Gasteiger partial charge in [0.2, 0.25) is 0 Å². The van der Waals surface area contributed by atoms with Gasteiger partial charge in [-0.1, -0.05) is 12.5 Å². The van der Waals surface area contributed by atoms with Crippen molar-refractivity contribution in [2.24, 2.45) is 0 Å². The highest BCUT2D eigenvalue weighted by molar-refractivity contribution is 5.71. The van der Waals surface area contributed by atoms with Gasteiger partial charge < -0.3 is 9.88 Å². The van der Waals surface area contributed by atoms with Gasteiger partial charge in [0.1, 0.15) is 0 Å². The normalized spacial score (nSPS) is 16.6. The summed E-state index contributed by atoms with van der Waals surface area (Å²) in [6.07, 6.45) is 3.68. The molecular formula is C18H21N5O2. The molecule has 2 aliphatic rings. The molecule has 0 aliphatic heterocycles. The number of fused-ring (bicyclic) bond motifs is 1. The fourth-order valence-corrected chi connectivity index (χ4v) is 2.85. The smallest absolute Gasteiger partial charge is 0.333 e. The third-order valence-corrected chi connectivity index (χ3v) is 4.76. The molecule has 0 unspecified atom stereocenters. The molecule has 0 bridgehead atoms. The number of aromatic nitrogens is 4. The van der Waals surface area contributed by atoms with Crippen LogP contribution in [0.2, 0.25) is 0 Å². The van der Waals surface area contributed by atoms with Crippen LogP contribution in [0.4, 0.5) is 0 Å². The van der Waals surface area contributed by atoms with Crippen molar-refractivity contribution >= 4 is 11.2 Å². The molecule has 0 saturated heterocycles. The minimum Gasteiger partial charge on any atom is -0.367 e. The number of H-pyrrole nitrogens is 1. The van der Waals surface area contributed by atoms with Gasteiger partial charge in [0.05, 0.1) is 6.54 Å². The van der Waals surface area contributed by atoms with Crippen LogP contribution in [0.15, 0.2) is 21.9 Å². The molecule has 2 aromatic rings. The highest BCUT2D eigenvalue weighted by atomic mass is 16.2. The van der Waals surface area contributed by atoms with Crippen molar-refractivity contribution in [3.63, 3.8) is 0 Å². The van der Waals surface area contributed by atoms with E-state index in [2.05, 4.69) is 28.4 Å². The first-order chi connectivity index (χ1) is 12.0. The monoisotopic (exact) mass is 339 g/mol. The van der Waals surface area contributed by atoms with Crippen LogP contribution in [0.5, 0.6) is 0 Å². The number of aromatic amines is 1. The summed E-state index contributed by atoms with van der Waals surface area (Å²) in [5.74, 6) is 6.39. The van der Waals surface area contributed by atoms with Crippen LogP contribution in [0.1, 0.15) is 50.5 Å². The van der Waals surface area contributed by atoms with Gasteiger partial charge >= 0.3 is 5.69 Å². The lowest BCUT2D eigenvalue weighted by Crippen LogP contribution is -2.39. The predicted molar refractivity (Wildman–Crippen MR) is 95.5 cm³/mol. The Kier molecular flexibility index (Phi) is 3.57. The van der Waals surface area contributed by atoms with Gasteiger partial charge in [-0.05, 0) is 38.5 Å². The molecule has 0 radical (unpaired) electrons. The van der Waals surface area contributed by atoms with Gasteiger partial charge in [0.25, 0.3) is 5.56 Å². The fourth-order valence-electron chi connectivity index (χ4n) is 2.85. The first kappa shape index (κ1) is 15.8. The predicted octanol–water partition coefficient (Wildman–Crippen LogP) is 1.37. The van der Waals surface area contributed by atoms with Crippen LogP contribution in [-0.2, 0) is 0 Å². The lowest BCUT2D eigenvalue weighted by atomic mass is 10.4. The third-order valence-electron chi connectivity index (χ3n) is 4.76. The Morgan fingerprint density at radius 3 is 2.52 bits per heavy atom. The average Bonchev–Trinajstić information content (AvgIpc) is 3.47. The zero-order chi connectivity index (χ0) is 17.7. The molecule has 0 atom stereocenters. The van der Waals surface area contributed by atoms with Gasteiger partial charge in [-0.3, -0.25) is 13.9 Å².